The summed E-state index contributed by atoms with van der Waals surface area (Å²) < 4.78 is 0. The van der Waals surface area contributed by atoms with Gasteiger partial charge in [0.25, 0.3) is 0 Å². The summed E-state index contributed by atoms with van der Waals surface area (Å²) in [5.41, 5.74) is 10.1. The van der Waals surface area contributed by atoms with E-state index in [9.17, 15) is 4.79 Å². The highest BCUT2D eigenvalue weighted by molar-refractivity contribution is 5.70. The summed E-state index contributed by atoms with van der Waals surface area (Å²) in [7, 11) is 0. The Morgan fingerprint density at radius 1 is 1.21 bits per heavy atom. The SMILES string of the molecule is Cc1ccc(C(N)C2CCC(C(=O)O)CC2)cc1C. The van der Waals surface area contributed by atoms with Gasteiger partial charge in [0.05, 0.1) is 5.92 Å². The van der Waals surface area contributed by atoms with Gasteiger partial charge in [-0.05, 0) is 62.1 Å². The Hall–Kier alpha value is -1.35. The second kappa shape index (κ2) is 5.74. The number of benzene rings is 1. The van der Waals surface area contributed by atoms with Crippen molar-refractivity contribution in [3.05, 3.63) is 34.9 Å². The van der Waals surface area contributed by atoms with Crippen molar-refractivity contribution < 1.29 is 9.90 Å². The molecule has 19 heavy (non-hydrogen) atoms. The summed E-state index contributed by atoms with van der Waals surface area (Å²) >= 11 is 0. The van der Waals surface area contributed by atoms with E-state index in [1.54, 1.807) is 0 Å². The zero-order chi connectivity index (χ0) is 14.0. The van der Waals surface area contributed by atoms with Crippen molar-refractivity contribution in [2.24, 2.45) is 17.6 Å². The van der Waals surface area contributed by atoms with Gasteiger partial charge in [-0.2, -0.15) is 0 Å². The second-order valence-electron chi connectivity index (χ2n) is 5.82. The molecule has 1 atom stereocenters. The van der Waals surface area contributed by atoms with E-state index in [0.29, 0.717) is 5.92 Å². The van der Waals surface area contributed by atoms with Gasteiger partial charge in [0.1, 0.15) is 0 Å². The number of carbonyl (C=O) groups is 1. The van der Waals surface area contributed by atoms with Crippen molar-refractivity contribution in [3.63, 3.8) is 0 Å². The molecule has 0 aliphatic heterocycles. The fraction of sp³-hybridized carbons (Fsp3) is 0.562. The van der Waals surface area contributed by atoms with Gasteiger partial charge < -0.3 is 10.8 Å². The van der Waals surface area contributed by atoms with Gasteiger partial charge in [0, 0.05) is 6.04 Å². The predicted octanol–water partition coefficient (Wildman–Crippen LogP) is 3.19. The minimum absolute atomic E-state index is 0.0362. The van der Waals surface area contributed by atoms with Crippen LogP contribution in [0.25, 0.3) is 0 Å². The number of carboxylic acids is 1. The highest BCUT2D eigenvalue weighted by Gasteiger charge is 2.29. The quantitative estimate of drug-likeness (QED) is 0.878. The van der Waals surface area contributed by atoms with E-state index < -0.39 is 5.97 Å². The number of aliphatic carboxylic acids is 1. The smallest absolute Gasteiger partial charge is 0.306 e. The first kappa shape index (κ1) is 14.1. The molecule has 1 unspecified atom stereocenters. The zero-order valence-corrected chi connectivity index (χ0v) is 11.7. The van der Waals surface area contributed by atoms with Crippen molar-refractivity contribution in [1.82, 2.24) is 0 Å². The van der Waals surface area contributed by atoms with Crippen LogP contribution in [0.4, 0.5) is 0 Å². The summed E-state index contributed by atoms with van der Waals surface area (Å²) in [5.74, 6) is -0.404. The average molecular weight is 261 g/mol. The van der Waals surface area contributed by atoms with Gasteiger partial charge in [0.15, 0.2) is 0 Å². The normalized spacial score (nSPS) is 25.0. The van der Waals surface area contributed by atoms with Gasteiger partial charge >= 0.3 is 5.97 Å². The molecule has 0 amide bonds. The van der Waals surface area contributed by atoms with Crippen molar-refractivity contribution >= 4 is 5.97 Å². The molecule has 3 nitrogen and oxygen atoms in total. The van der Waals surface area contributed by atoms with Crippen molar-refractivity contribution in [2.45, 2.75) is 45.6 Å². The minimum atomic E-state index is -0.654. The van der Waals surface area contributed by atoms with Gasteiger partial charge in [-0.25, -0.2) is 0 Å². The molecule has 0 radical (unpaired) electrons. The molecule has 1 aromatic carbocycles. The van der Waals surface area contributed by atoms with Crippen LogP contribution in [0.15, 0.2) is 18.2 Å². The highest BCUT2D eigenvalue weighted by Crippen LogP contribution is 2.36. The first-order valence-corrected chi connectivity index (χ1v) is 7.04. The zero-order valence-electron chi connectivity index (χ0n) is 11.7. The molecule has 3 N–H and O–H groups in total. The Morgan fingerprint density at radius 2 is 1.84 bits per heavy atom. The first-order chi connectivity index (χ1) is 8.99. The third-order valence-electron chi connectivity index (χ3n) is 4.54. The molecule has 1 fully saturated rings. The lowest BCUT2D eigenvalue weighted by atomic mass is 9.77. The van der Waals surface area contributed by atoms with Crippen LogP contribution in [0.2, 0.25) is 0 Å². The van der Waals surface area contributed by atoms with E-state index in [-0.39, 0.29) is 12.0 Å². The molecular weight excluding hydrogens is 238 g/mol. The third kappa shape index (κ3) is 3.16. The molecule has 1 aliphatic carbocycles. The molecule has 104 valence electrons. The van der Waals surface area contributed by atoms with Crippen molar-refractivity contribution in [3.8, 4) is 0 Å². The molecule has 0 bridgehead atoms. The van der Waals surface area contributed by atoms with Crippen LogP contribution < -0.4 is 5.73 Å². The molecule has 3 heteroatoms. The Morgan fingerprint density at radius 3 is 2.37 bits per heavy atom. The van der Waals surface area contributed by atoms with Gasteiger partial charge in [-0.15, -0.1) is 0 Å². The van der Waals surface area contributed by atoms with Crippen LogP contribution in [-0.4, -0.2) is 11.1 Å². The summed E-state index contributed by atoms with van der Waals surface area (Å²) in [5, 5.41) is 9.02. The lowest BCUT2D eigenvalue weighted by Crippen LogP contribution is -2.28. The van der Waals surface area contributed by atoms with Crippen LogP contribution in [-0.2, 0) is 4.79 Å². The summed E-state index contributed by atoms with van der Waals surface area (Å²) in [6, 6.07) is 6.43. The van der Waals surface area contributed by atoms with E-state index in [2.05, 4.69) is 32.0 Å². The Bertz CT molecular complexity index is 462. The fourth-order valence-corrected chi connectivity index (χ4v) is 2.97. The maximum absolute atomic E-state index is 11.0. The third-order valence-corrected chi connectivity index (χ3v) is 4.54. The number of carboxylic acid groups (broad SMARTS) is 1. The molecule has 0 saturated heterocycles. The summed E-state index contributed by atoms with van der Waals surface area (Å²) in [6.07, 6.45) is 3.37. The van der Waals surface area contributed by atoms with E-state index in [0.717, 1.165) is 25.7 Å². The number of hydrogen-bond acceptors (Lipinski definition) is 2. The van der Waals surface area contributed by atoms with E-state index in [1.165, 1.54) is 16.7 Å². The maximum Gasteiger partial charge on any atom is 0.306 e. The molecule has 1 saturated carbocycles. The van der Waals surface area contributed by atoms with Gasteiger partial charge in [0.2, 0.25) is 0 Å². The van der Waals surface area contributed by atoms with Crippen LogP contribution in [0, 0.1) is 25.7 Å². The van der Waals surface area contributed by atoms with Crippen molar-refractivity contribution in [2.75, 3.05) is 0 Å². The lowest BCUT2D eigenvalue weighted by Gasteiger charge is -2.31. The molecule has 1 aromatic rings. The molecule has 0 aromatic heterocycles. The molecule has 0 spiro atoms. The number of nitrogens with two attached hydrogens (primary N) is 1. The lowest BCUT2D eigenvalue weighted by molar-refractivity contribution is -0.143. The molecule has 2 rings (SSSR count). The molecule has 1 aliphatic rings. The monoisotopic (exact) mass is 261 g/mol. The van der Waals surface area contributed by atoms with Gasteiger partial charge in [-0.3, -0.25) is 4.79 Å². The second-order valence-corrected chi connectivity index (χ2v) is 5.82. The van der Waals surface area contributed by atoms with Crippen LogP contribution in [0.5, 0.6) is 0 Å². The number of hydrogen-bond donors (Lipinski definition) is 2. The van der Waals surface area contributed by atoms with Gasteiger partial charge in [-0.1, -0.05) is 18.2 Å². The average Bonchev–Trinajstić information content (AvgIpc) is 2.41. The van der Waals surface area contributed by atoms with Crippen LogP contribution in [0.3, 0.4) is 0 Å². The molecular formula is C16H23NO2. The highest BCUT2D eigenvalue weighted by atomic mass is 16.4. The topological polar surface area (TPSA) is 63.3 Å². The van der Waals surface area contributed by atoms with E-state index in [4.69, 9.17) is 10.8 Å². The number of aryl methyl sites for hydroxylation is 2. The summed E-state index contributed by atoms with van der Waals surface area (Å²) in [6.45, 7) is 4.20. The summed E-state index contributed by atoms with van der Waals surface area (Å²) in [4.78, 5) is 11.0. The van der Waals surface area contributed by atoms with Crippen LogP contribution >= 0.6 is 0 Å². The first-order valence-electron chi connectivity index (χ1n) is 7.04. The number of rotatable bonds is 3. The predicted molar refractivity (Wildman–Crippen MR) is 75.9 cm³/mol. The van der Waals surface area contributed by atoms with Crippen LogP contribution in [0.1, 0.15) is 48.4 Å². The van der Waals surface area contributed by atoms with E-state index in [1.807, 2.05) is 0 Å². The van der Waals surface area contributed by atoms with E-state index >= 15 is 0 Å². The Kier molecular flexibility index (Phi) is 4.25. The standard InChI is InChI=1S/C16H23NO2/c1-10-3-4-14(9-11(10)2)15(17)12-5-7-13(8-6-12)16(18)19/h3-4,9,12-13,15H,5-8,17H2,1-2H3,(H,18,19). The maximum atomic E-state index is 11.0. The largest absolute Gasteiger partial charge is 0.481 e. The Balaban J connectivity index is 2.02. The fourth-order valence-electron chi connectivity index (χ4n) is 2.97. The minimum Gasteiger partial charge on any atom is -0.481 e. The van der Waals surface area contributed by atoms with Crippen molar-refractivity contribution in [1.29, 1.82) is 0 Å². The molecule has 0 heterocycles. The Labute approximate surface area is 114 Å².